The Hall–Kier alpha value is -1.06. The van der Waals surface area contributed by atoms with Crippen LogP contribution in [0.5, 0.6) is 0 Å². The van der Waals surface area contributed by atoms with Gasteiger partial charge in [-0.05, 0) is 25.7 Å². The molecule has 2 saturated heterocycles. The van der Waals surface area contributed by atoms with Crippen molar-refractivity contribution in [3.63, 3.8) is 0 Å². The Morgan fingerprint density at radius 3 is 2.75 bits per heavy atom. The van der Waals surface area contributed by atoms with Crippen LogP contribution in [0.2, 0.25) is 0 Å². The molecule has 3 rings (SSSR count). The number of fused-ring (bicyclic) bond motifs is 2. The summed E-state index contributed by atoms with van der Waals surface area (Å²) in [5, 5.41) is 3.08. The molecule has 0 bridgehead atoms. The zero-order valence-electron chi connectivity index (χ0n) is 9.45. The zero-order valence-corrected chi connectivity index (χ0v) is 9.45. The molecule has 3 aliphatic rings. The van der Waals surface area contributed by atoms with Crippen molar-refractivity contribution in [1.82, 2.24) is 10.2 Å². The Morgan fingerprint density at radius 1 is 1.06 bits per heavy atom. The Morgan fingerprint density at radius 2 is 1.88 bits per heavy atom. The van der Waals surface area contributed by atoms with E-state index in [1.54, 1.807) is 0 Å². The lowest BCUT2D eigenvalue weighted by Gasteiger charge is -2.30. The van der Waals surface area contributed by atoms with Gasteiger partial charge < -0.3 is 10.2 Å². The molecular weight excluding hydrogens is 204 g/mol. The molecule has 2 heterocycles. The van der Waals surface area contributed by atoms with Crippen molar-refractivity contribution in [3.8, 4) is 0 Å². The van der Waals surface area contributed by atoms with Gasteiger partial charge in [0.25, 0.3) is 0 Å². The topological polar surface area (TPSA) is 49.4 Å². The molecule has 88 valence electrons. The third kappa shape index (κ3) is 1.43. The van der Waals surface area contributed by atoms with E-state index in [1.807, 2.05) is 4.90 Å². The number of carbonyl (C=O) groups excluding carboxylic acids is 2. The Kier molecular flexibility index (Phi) is 2.37. The minimum absolute atomic E-state index is 0.0563. The lowest BCUT2D eigenvalue weighted by molar-refractivity contribution is -0.139. The van der Waals surface area contributed by atoms with Crippen molar-refractivity contribution in [2.75, 3.05) is 6.54 Å². The minimum atomic E-state index is -0.168. The molecule has 0 spiro atoms. The molecule has 0 unspecified atom stereocenters. The molecule has 2 amide bonds. The van der Waals surface area contributed by atoms with Gasteiger partial charge in [0.15, 0.2) is 0 Å². The first-order valence-corrected chi connectivity index (χ1v) is 6.38. The second-order valence-electron chi connectivity index (χ2n) is 5.20. The third-order valence-corrected chi connectivity index (χ3v) is 4.25. The van der Waals surface area contributed by atoms with E-state index in [4.69, 9.17) is 0 Å². The monoisotopic (exact) mass is 222 g/mol. The summed E-state index contributed by atoms with van der Waals surface area (Å²) >= 11 is 0. The normalized spacial score (nSPS) is 38.8. The maximum absolute atomic E-state index is 12.3. The van der Waals surface area contributed by atoms with Crippen LogP contribution in [0.1, 0.15) is 38.5 Å². The van der Waals surface area contributed by atoms with E-state index in [9.17, 15) is 9.59 Å². The summed E-state index contributed by atoms with van der Waals surface area (Å²) in [6.07, 6.45) is 6.01. The molecule has 1 aliphatic carbocycles. The number of nitrogens with zero attached hydrogens (tertiary/aromatic N) is 1. The van der Waals surface area contributed by atoms with Crippen LogP contribution in [0.4, 0.5) is 0 Å². The van der Waals surface area contributed by atoms with E-state index in [0.717, 1.165) is 45.1 Å². The first-order valence-electron chi connectivity index (χ1n) is 6.38. The van der Waals surface area contributed by atoms with E-state index < -0.39 is 0 Å². The molecule has 4 nitrogen and oxygen atoms in total. The maximum atomic E-state index is 12.3. The Bertz CT molecular complexity index is 329. The Labute approximate surface area is 95.4 Å². The van der Waals surface area contributed by atoms with Gasteiger partial charge in [0.1, 0.15) is 6.04 Å². The van der Waals surface area contributed by atoms with E-state index >= 15 is 0 Å². The highest BCUT2D eigenvalue weighted by molar-refractivity contribution is 5.92. The molecule has 0 radical (unpaired) electrons. The smallest absolute Gasteiger partial charge is 0.243 e. The quantitative estimate of drug-likeness (QED) is 0.655. The van der Waals surface area contributed by atoms with Crippen molar-refractivity contribution in [1.29, 1.82) is 0 Å². The van der Waals surface area contributed by atoms with Gasteiger partial charge in [-0.15, -0.1) is 0 Å². The van der Waals surface area contributed by atoms with Crippen LogP contribution in [0.15, 0.2) is 0 Å². The molecule has 0 aromatic heterocycles. The van der Waals surface area contributed by atoms with Crippen LogP contribution < -0.4 is 5.32 Å². The highest BCUT2D eigenvalue weighted by atomic mass is 16.2. The van der Waals surface area contributed by atoms with Gasteiger partial charge in [-0.1, -0.05) is 12.8 Å². The van der Waals surface area contributed by atoms with Gasteiger partial charge in [-0.2, -0.15) is 0 Å². The number of hydrogen-bond donors (Lipinski definition) is 1. The molecule has 0 aromatic carbocycles. The summed E-state index contributed by atoms with van der Waals surface area (Å²) in [6.45, 7) is 0.778. The van der Waals surface area contributed by atoms with Crippen LogP contribution in [-0.4, -0.2) is 35.3 Å². The summed E-state index contributed by atoms with van der Waals surface area (Å²) < 4.78 is 0. The van der Waals surface area contributed by atoms with Crippen LogP contribution in [-0.2, 0) is 9.59 Å². The van der Waals surface area contributed by atoms with Crippen molar-refractivity contribution < 1.29 is 9.59 Å². The maximum Gasteiger partial charge on any atom is 0.243 e. The van der Waals surface area contributed by atoms with Gasteiger partial charge in [-0.3, -0.25) is 9.59 Å². The third-order valence-electron chi connectivity index (χ3n) is 4.25. The highest BCUT2D eigenvalue weighted by Gasteiger charge is 2.44. The average molecular weight is 222 g/mol. The van der Waals surface area contributed by atoms with Gasteiger partial charge in [-0.25, -0.2) is 0 Å². The SMILES string of the molecule is O=C1N[C@H]2CCCC[C@@H]2C(=O)N2CCC[C@@H]12. The summed E-state index contributed by atoms with van der Waals surface area (Å²) in [7, 11) is 0. The first kappa shape index (κ1) is 10.1. The standard InChI is InChI=1S/C12H18N2O2/c15-11-10-6-3-7-14(10)12(16)8-4-1-2-5-9(8)13-11/h8-10H,1-7H2,(H,13,15)/t8-,9-,10-/m0/s1. The van der Waals surface area contributed by atoms with Crippen LogP contribution in [0, 0.1) is 5.92 Å². The second-order valence-corrected chi connectivity index (χ2v) is 5.20. The zero-order chi connectivity index (χ0) is 11.1. The number of nitrogens with one attached hydrogen (secondary N) is 1. The van der Waals surface area contributed by atoms with Crippen molar-refractivity contribution in [2.24, 2.45) is 5.92 Å². The fraction of sp³-hybridized carbons (Fsp3) is 0.833. The number of carbonyl (C=O) groups is 2. The molecule has 1 N–H and O–H groups in total. The van der Waals surface area contributed by atoms with Crippen molar-refractivity contribution in [2.45, 2.75) is 50.6 Å². The fourth-order valence-corrected chi connectivity index (χ4v) is 3.39. The largest absolute Gasteiger partial charge is 0.351 e. The highest BCUT2D eigenvalue weighted by Crippen LogP contribution is 2.32. The number of rotatable bonds is 0. The molecule has 2 aliphatic heterocycles. The average Bonchev–Trinajstić information content (AvgIpc) is 2.74. The fourth-order valence-electron chi connectivity index (χ4n) is 3.39. The second kappa shape index (κ2) is 3.75. The summed E-state index contributed by atoms with van der Waals surface area (Å²) in [5.74, 6) is 0.367. The molecule has 3 fully saturated rings. The van der Waals surface area contributed by atoms with Crippen LogP contribution in [0.25, 0.3) is 0 Å². The van der Waals surface area contributed by atoms with Gasteiger partial charge in [0.2, 0.25) is 11.8 Å². The lowest BCUT2D eigenvalue weighted by Crippen LogP contribution is -2.43. The summed E-state index contributed by atoms with van der Waals surface area (Å²) in [6, 6.07) is -0.0579. The first-order chi connectivity index (χ1) is 7.77. The predicted octanol–water partition coefficient (Wildman–Crippen LogP) is 0.666. The number of amides is 2. The van der Waals surface area contributed by atoms with E-state index in [2.05, 4.69) is 5.32 Å². The van der Waals surface area contributed by atoms with Crippen molar-refractivity contribution in [3.05, 3.63) is 0 Å². The predicted molar refractivity (Wildman–Crippen MR) is 58.6 cm³/mol. The molecular formula is C12H18N2O2. The van der Waals surface area contributed by atoms with Crippen molar-refractivity contribution >= 4 is 11.8 Å². The summed E-state index contributed by atoms with van der Waals surface area (Å²) in [5.41, 5.74) is 0. The molecule has 4 heteroatoms. The van der Waals surface area contributed by atoms with Crippen LogP contribution >= 0.6 is 0 Å². The van der Waals surface area contributed by atoms with Crippen LogP contribution in [0.3, 0.4) is 0 Å². The van der Waals surface area contributed by atoms with Gasteiger partial charge >= 0.3 is 0 Å². The summed E-state index contributed by atoms with van der Waals surface area (Å²) in [4.78, 5) is 26.2. The number of hydrogen-bond acceptors (Lipinski definition) is 2. The molecule has 1 saturated carbocycles. The Balaban J connectivity index is 1.90. The van der Waals surface area contributed by atoms with E-state index in [1.165, 1.54) is 0 Å². The van der Waals surface area contributed by atoms with E-state index in [0.29, 0.717) is 0 Å². The van der Waals surface area contributed by atoms with E-state index in [-0.39, 0.29) is 29.8 Å². The molecule has 16 heavy (non-hydrogen) atoms. The minimum Gasteiger partial charge on any atom is -0.351 e. The van der Waals surface area contributed by atoms with Gasteiger partial charge in [0, 0.05) is 12.6 Å². The lowest BCUT2D eigenvalue weighted by atomic mass is 9.84. The van der Waals surface area contributed by atoms with Gasteiger partial charge in [0.05, 0.1) is 5.92 Å². The molecule has 0 aromatic rings. The molecule has 3 atom stereocenters.